The summed E-state index contributed by atoms with van der Waals surface area (Å²) in [6, 6.07) is 75.0. The van der Waals surface area contributed by atoms with Crippen molar-refractivity contribution < 1.29 is 15.6 Å². The fraction of sp³-hybridized carbons (Fsp3) is 0.103. The van der Waals surface area contributed by atoms with Gasteiger partial charge in [0.2, 0.25) is 0 Å². The van der Waals surface area contributed by atoms with E-state index in [1.54, 1.807) is 0 Å². The van der Waals surface area contributed by atoms with E-state index in [9.17, 15) is 17.0 Å². The summed E-state index contributed by atoms with van der Waals surface area (Å²) in [5, 5.41) is 0. The number of halogens is 2. The van der Waals surface area contributed by atoms with Gasteiger partial charge in [-0.25, -0.2) is 0 Å². The van der Waals surface area contributed by atoms with E-state index in [2.05, 4.69) is 232 Å². The fourth-order valence-corrected chi connectivity index (χ4v) is 41.7. The quantitative estimate of drug-likeness (QED) is 0.113. The van der Waals surface area contributed by atoms with E-state index < -0.39 is 21.5 Å². The van der Waals surface area contributed by atoms with Gasteiger partial charge in [0.25, 0.3) is 0 Å². The van der Waals surface area contributed by atoms with Gasteiger partial charge in [-0.1, -0.05) is 0 Å². The Balaban J connectivity index is 1.32. The Labute approximate surface area is 376 Å². The SMILES string of the molecule is C[SiH](C)[Zr]([Cl])([Cl])([CH]1C(Cc2ccccc2)=Cc2c(-c3ccccc3)ccc(-c3ccccc3)c21)[CH]1C(Cc2ccccc2)=Cc2c(-c3ccccc3)ccc(-c3ccccc3)c21. The Bertz CT molecular complexity index is 2750. The monoisotopic (exact) mass is 933 g/mol. The Morgan fingerprint density at radius 3 is 0.952 bits per heavy atom. The molecule has 8 aromatic carbocycles. The van der Waals surface area contributed by atoms with Crippen molar-refractivity contribution in [3.63, 3.8) is 0 Å². The van der Waals surface area contributed by atoms with Gasteiger partial charge in [0, 0.05) is 0 Å². The molecule has 62 heavy (non-hydrogen) atoms. The molecule has 0 fully saturated rings. The number of benzene rings is 8. The molecule has 2 aliphatic carbocycles. The van der Waals surface area contributed by atoms with Crippen LogP contribution in [0.4, 0.5) is 0 Å². The fourth-order valence-electron chi connectivity index (χ4n) is 10.7. The van der Waals surface area contributed by atoms with E-state index in [4.69, 9.17) is 0 Å². The molecule has 8 aromatic rings. The molecule has 0 saturated heterocycles. The Morgan fingerprint density at radius 1 is 0.371 bits per heavy atom. The molecule has 0 spiro atoms. The van der Waals surface area contributed by atoms with Crippen LogP contribution in [0.2, 0.25) is 13.1 Å². The van der Waals surface area contributed by atoms with Gasteiger partial charge >= 0.3 is 379 Å². The van der Waals surface area contributed by atoms with Gasteiger partial charge in [-0.05, 0) is 0 Å². The first kappa shape index (κ1) is 41.0. The average molecular weight is 936 g/mol. The normalized spacial score (nSPS) is 16.2. The zero-order valence-electron chi connectivity index (χ0n) is 35.2. The molecular formula is C58H49Cl2SiZr. The second kappa shape index (κ2) is 16.9. The standard InChI is InChI=1S/2C28H21.C2H7Si.2ClH.Zr/c2*1-4-10-21(11-5-1)18-22-19-27-25(23-12-6-2-7-13-23)16-17-26(28(27)20-22)24-14-8-3-9-15-24;1-3-2;;;/h2*1-17,19-20H,18H2;3H,1-2H3;2*1H;/q;;;;;+2/p-2. The molecule has 0 saturated carbocycles. The first-order valence-electron chi connectivity index (χ1n) is 21.9. The maximum absolute atomic E-state index is 9.39. The Kier molecular flexibility index (Phi) is 11.2. The molecule has 0 radical (unpaired) electrons. The molecule has 0 aliphatic heterocycles. The molecule has 0 amide bonds. The van der Waals surface area contributed by atoms with Crippen LogP contribution in [0.5, 0.6) is 0 Å². The zero-order chi connectivity index (χ0) is 42.3. The molecule has 2 aliphatic rings. The van der Waals surface area contributed by atoms with Crippen LogP contribution in [0.1, 0.15) is 40.6 Å². The van der Waals surface area contributed by atoms with Gasteiger partial charge in [0.15, 0.2) is 0 Å². The van der Waals surface area contributed by atoms with Crippen LogP contribution in [0.15, 0.2) is 217 Å². The molecule has 303 valence electrons. The summed E-state index contributed by atoms with van der Waals surface area (Å²) < 4.78 is -0.278. The molecule has 10 rings (SSSR count). The van der Waals surface area contributed by atoms with Crippen LogP contribution < -0.4 is 0 Å². The molecule has 0 N–H and O–H groups in total. The first-order chi connectivity index (χ1) is 30.3. The summed E-state index contributed by atoms with van der Waals surface area (Å²) in [5.41, 5.74) is 20.1. The summed E-state index contributed by atoms with van der Waals surface area (Å²) in [7, 11) is 18.8. The Hall–Kier alpha value is -5.08. The van der Waals surface area contributed by atoms with E-state index in [0.717, 1.165) is 12.8 Å². The van der Waals surface area contributed by atoms with Crippen molar-refractivity contribution in [1.29, 1.82) is 0 Å². The molecule has 0 bridgehead atoms. The molecular weight excluding hydrogens is 887 g/mol. The van der Waals surface area contributed by atoms with E-state index in [1.807, 2.05) is 0 Å². The minimum absolute atomic E-state index is 0.139. The molecule has 0 nitrogen and oxygen atoms in total. The van der Waals surface area contributed by atoms with Crippen molar-refractivity contribution in [2.75, 3.05) is 0 Å². The average Bonchev–Trinajstić information content (AvgIpc) is 3.90. The van der Waals surface area contributed by atoms with Gasteiger partial charge in [-0.2, -0.15) is 0 Å². The topological polar surface area (TPSA) is 0 Å². The van der Waals surface area contributed by atoms with Crippen molar-refractivity contribution in [3.05, 3.63) is 251 Å². The second-order valence-electron chi connectivity index (χ2n) is 17.5. The van der Waals surface area contributed by atoms with E-state index in [1.165, 1.54) is 89.0 Å². The predicted octanol–water partition coefficient (Wildman–Crippen LogP) is 16.4. The van der Waals surface area contributed by atoms with Gasteiger partial charge in [0.05, 0.1) is 0 Å². The molecule has 2 unspecified atom stereocenters. The van der Waals surface area contributed by atoms with E-state index in [0.29, 0.717) is 0 Å². The van der Waals surface area contributed by atoms with Crippen LogP contribution in [0.25, 0.3) is 56.7 Å². The zero-order valence-corrected chi connectivity index (χ0v) is 40.3. The van der Waals surface area contributed by atoms with E-state index in [-0.39, 0.29) is 7.25 Å². The maximum atomic E-state index is 9.39. The molecule has 2 atom stereocenters. The van der Waals surface area contributed by atoms with Crippen LogP contribution in [0, 0.1) is 0 Å². The third-order valence-electron chi connectivity index (χ3n) is 13.6. The van der Waals surface area contributed by atoms with Crippen molar-refractivity contribution in [1.82, 2.24) is 0 Å². The molecule has 0 heterocycles. The minimum atomic E-state index is -5.49. The van der Waals surface area contributed by atoms with Gasteiger partial charge < -0.3 is 0 Å². The number of fused-ring (bicyclic) bond motifs is 2. The third-order valence-corrected chi connectivity index (χ3v) is 65.3. The number of rotatable bonds is 11. The first-order valence-corrected chi connectivity index (χ1v) is 38.2. The van der Waals surface area contributed by atoms with Crippen LogP contribution >= 0.6 is 17.0 Å². The van der Waals surface area contributed by atoms with Gasteiger partial charge in [0.1, 0.15) is 0 Å². The number of hydrogen-bond acceptors (Lipinski definition) is 0. The summed E-state index contributed by atoms with van der Waals surface area (Å²) >= 11 is -5.49. The second-order valence-corrected chi connectivity index (χ2v) is 60.0. The van der Waals surface area contributed by atoms with Gasteiger partial charge in [-0.3, -0.25) is 0 Å². The summed E-state index contributed by atoms with van der Waals surface area (Å²) in [4.78, 5) is 0. The molecule has 4 heteroatoms. The molecule has 0 aromatic heterocycles. The van der Waals surface area contributed by atoms with Crippen LogP contribution in [-0.2, 0) is 28.4 Å². The number of allylic oxidation sites excluding steroid dienone is 2. The van der Waals surface area contributed by atoms with Crippen molar-refractivity contribution >= 4 is 35.1 Å². The summed E-state index contributed by atoms with van der Waals surface area (Å²) in [5.74, 6) is -1.98. The van der Waals surface area contributed by atoms with Crippen LogP contribution in [0.3, 0.4) is 0 Å². The third kappa shape index (κ3) is 7.20. The summed E-state index contributed by atoms with van der Waals surface area (Å²) in [6.45, 7) is 4.96. The van der Waals surface area contributed by atoms with Crippen molar-refractivity contribution in [2.45, 2.75) is 33.2 Å². The summed E-state index contributed by atoms with van der Waals surface area (Å²) in [6.07, 6.45) is 6.59. The predicted molar refractivity (Wildman–Crippen MR) is 267 cm³/mol. The van der Waals surface area contributed by atoms with Crippen molar-refractivity contribution in [2.24, 2.45) is 0 Å². The Morgan fingerprint density at radius 2 is 0.645 bits per heavy atom. The van der Waals surface area contributed by atoms with Crippen LogP contribution in [-0.4, -0.2) is 5.92 Å². The van der Waals surface area contributed by atoms with E-state index >= 15 is 0 Å². The number of hydrogen-bond donors (Lipinski definition) is 0. The van der Waals surface area contributed by atoms with Crippen molar-refractivity contribution in [3.8, 4) is 44.5 Å². The van der Waals surface area contributed by atoms with Gasteiger partial charge in [-0.15, -0.1) is 0 Å².